The number of fused-ring (bicyclic) bond motifs is 1. The lowest BCUT2D eigenvalue weighted by Gasteiger charge is -2.27. The number of ether oxygens (including phenoxy) is 1. The Balaban J connectivity index is 1.51. The van der Waals surface area contributed by atoms with Crippen molar-refractivity contribution in [2.75, 3.05) is 7.11 Å². The highest BCUT2D eigenvalue weighted by Crippen LogP contribution is 2.32. The van der Waals surface area contributed by atoms with Crippen LogP contribution in [-0.4, -0.2) is 38.3 Å². The standard InChI is InChI=1S/C33H38N6O2/c1-33(35,32(34)40)20-25(19-26-21-36-29-13-7-6-12-28(26)29)31-38-37-30(14-8-11-23-9-4-3-5-10-23)39(31)22-24-15-17-27(41-2)18-16-24/h3-7,9-10,12-13,15-18,21,25,36H,8,11,14,19-20,22,35H2,1-2H3,(H2,34,40)/t25?,33-/m0/s1. The summed E-state index contributed by atoms with van der Waals surface area (Å²) in [6, 6.07) is 26.7. The van der Waals surface area contributed by atoms with Gasteiger partial charge in [0, 0.05) is 29.4 Å². The molecule has 8 nitrogen and oxygen atoms in total. The van der Waals surface area contributed by atoms with E-state index in [0.29, 0.717) is 19.4 Å². The number of aromatic nitrogens is 4. The minimum absolute atomic E-state index is 0.190. The number of aromatic amines is 1. The highest BCUT2D eigenvalue weighted by molar-refractivity contribution is 5.84. The third kappa shape index (κ3) is 6.66. The van der Waals surface area contributed by atoms with E-state index in [1.165, 1.54) is 5.56 Å². The molecule has 0 spiro atoms. The quantitative estimate of drug-likeness (QED) is 0.192. The van der Waals surface area contributed by atoms with E-state index < -0.39 is 11.4 Å². The van der Waals surface area contributed by atoms with Crippen LogP contribution in [0.3, 0.4) is 0 Å². The Bertz CT molecular complexity index is 1590. The van der Waals surface area contributed by atoms with E-state index in [0.717, 1.165) is 58.7 Å². The maximum Gasteiger partial charge on any atom is 0.237 e. The molecule has 1 amide bonds. The second kappa shape index (κ2) is 12.4. The molecular weight excluding hydrogens is 512 g/mol. The fourth-order valence-electron chi connectivity index (χ4n) is 5.45. The van der Waals surface area contributed by atoms with Crippen LogP contribution in [0.15, 0.2) is 85.1 Å². The van der Waals surface area contributed by atoms with E-state index >= 15 is 0 Å². The van der Waals surface area contributed by atoms with Crippen molar-refractivity contribution in [3.63, 3.8) is 0 Å². The summed E-state index contributed by atoms with van der Waals surface area (Å²) in [6.07, 6.45) is 5.66. The molecule has 8 heteroatoms. The maximum absolute atomic E-state index is 12.4. The number of nitrogens with zero attached hydrogens (tertiary/aromatic N) is 3. The molecule has 2 heterocycles. The van der Waals surface area contributed by atoms with Crippen LogP contribution < -0.4 is 16.2 Å². The molecule has 0 saturated carbocycles. The third-order valence-electron chi connectivity index (χ3n) is 7.80. The molecule has 0 saturated heterocycles. The summed E-state index contributed by atoms with van der Waals surface area (Å²) in [7, 11) is 1.66. The number of amides is 1. The van der Waals surface area contributed by atoms with Gasteiger partial charge in [-0.1, -0.05) is 60.7 Å². The molecule has 3 aromatic carbocycles. The average molecular weight is 551 g/mol. The molecule has 0 aliphatic heterocycles. The van der Waals surface area contributed by atoms with Crippen molar-refractivity contribution < 1.29 is 9.53 Å². The Morgan fingerprint density at radius 2 is 1.71 bits per heavy atom. The van der Waals surface area contributed by atoms with E-state index in [1.807, 2.05) is 36.5 Å². The molecule has 0 aliphatic rings. The zero-order valence-corrected chi connectivity index (χ0v) is 23.7. The normalized spacial score (nSPS) is 13.6. The summed E-state index contributed by atoms with van der Waals surface area (Å²) < 4.78 is 7.56. The molecule has 212 valence electrons. The fourth-order valence-corrected chi connectivity index (χ4v) is 5.45. The van der Waals surface area contributed by atoms with Gasteiger partial charge in [-0.2, -0.15) is 0 Å². The van der Waals surface area contributed by atoms with Crippen LogP contribution in [0.1, 0.15) is 54.0 Å². The first kappa shape index (κ1) is 28.1. The molecule has 0 aliphatic carbocycles. The molecule has 0 fully saturated rings. The second-order valence-corrected chi connectivity index (χ2v) is 11.0. The zero-order chi connectivity index (χ0) is 28.8. The minimum atomic E-state index is -1.21. The molecule has 2 aromatic heterocycles. The van der Waals surface area contributed by atoms with Gasteiger partial charge in [-0.3, -0.25) is 4.79 Å². The Kier molecular flexibility index (Phi) is 8.50. The lowest BCUT2D eigenvalue weighted by atomic mass is 9.84. The second-order valence-electron chi connectivity index (χ2n) is 11.0. The lowest BCUT2D eigenvalue weighted by Crippen LogP contribution is -2.50. The topological polar surface area (TPSA) is 125 Å². The molecule has 5 rings (SSSR count). The van der Waals surface area contributed by atoms with Crippen LogP contribution in [0.25, 0.3) is 10.9 Å². The van der Waals surface area contributed by atoms with Gasteiger partial charge in [-0.05, 0) is 67.5 Å². The predicted octanol–water partition coefficient (Wildman–Crippen LogP) is 4.91. The van der Waals surface area contributed by atoms with Crippen molar-refractivity contribution in [3.05, 3.63) is 113 Å². The zero-order valence-electron chi connectivity index (χ0n) is 23.7. The Labute approximate surface area is 240 Å². The number of benzene rings is 3. The van der Waals surface area contributed by atoms with Crippen molar-refractivity contribution in [1.82, 2.24) is 19.7 Å². The molecular formula is C33H38N6O2. The van der Waals surface area contributed by atoms with Gasteiger partial charge < -0.3 is 25.8 Å². The molecule has 1 unspecified atom stereocenters. The number of nitrogens with two attached hydrogens (primary N) is 2. The summed E-state index contributed by atoms with van der Waals surface area (Å²) in [4.78, 5) is 15.7. The molecule has 2 atom stereocenters. The Hall–Kier alpha value is -4.43. The van der Waals surface area contributed by atoms with E-state index in [4.69, 9.17) is 21.3 Å². The molecule has 41 heavy (non-hydrogen) atoms. The SMILES string of the molecule is COc1ccc(Cn2c(CCCc3ccccc3)nnc2C(Cc2c[nH]c3ccccc23)C[C@](C)(N)C(N)=O)cc1. The fraction of sp³-hybridized carbons (Fsp3) is 0.303. The van der Waals surface area contributed by atoms with Gasteiger partial charge in [-0.15, -0.1) is 10.2 Å². The van der Waals surface area contributed by atoms with Crippen LogP contribution in [0.4, 0.5) is 0 Å². The number of hydrogen-bond donors (Lipinski definition) is 3. The van der Waals surface area contributed by atoms with Crippen molar-refractivity contribution >= 4 is 16.8 Å². The maximum atomic E-state index is 12.4. The summed E-state index contributed by atoms with van der Waals surface area (Å²) in [5.74, 6) is 1.79. The molecule has 5 N–H and O–H groups in total. The number of H-pyrrole nitrogens is 1. The van der Waals surface area contributed by atoms with E-state index in [9.17, 15) is 4.79 Å². The molecule has 5 aromatic rings. The number of aryl methyl sites for hydroxylation is 2. The Morgan fingerprint density at radius 1 is 0.976 bits per heavy atom. The van der Waals surface area contributed by atoms with Crippen molar-refractivity contribution in [2.24, 2.45) is 11.5 Å². The van der Waals surface area contributed by atoms with Gasteiger partial charge in [0.1, 0.15) is 17.4 Å². The van der Waals surface area contributed by atoms with E-state index in [-0.39, 0.29) is 5.92 Å². The summed E-state index contributed by atoms with van der Waals surface area (Å²) in [5.41, 5.74) is 15.6. The Morgan fingerprint density at radius 3 is 2.44 bits per heavy atom. The largest absolute Gasteiger partial charge is 0.497 e. The van der Waals surface area contributed by atoms with Crippen LogP contribution in [0, 0.1) is 0 Å². The van der Waals surface area contributed by atoms with Crippen molar-refractivity contribution in [2.45, 2.75) is 57.0 Å². The molecule has 0 bridgehead atoms. The lowest BCUT2D eigenvalue weighted by molar-refractivity contribution is -0.122. The van der Waals surface area contributed by atoms with E-state index in [2.05, 4.69) is 63.2 Å². The summed E-state index contributed by atoms with van der Waals surface area (Å²) >= 11 is 0. The smallest absolute Gasteiger partial charge is 0.237 e. The predicted molar refractivity (Wildman–Crippen MR) is 162 cm³/mol. The van der Waals surface area contributed by atoms with E-state index in [1.54, 1.807) is 14.0 Å². The number of hydrogen-bond acceptors (Lipinski definition) is 5. The number of carbonyl (C=O) groups is 1. The average Bonchev–Trinajstić information content (AvgIpc) is 3.57. The highest BCUT2D eigenvalue weighted by Gasteiger charge is 2.33. The third-order valence-corrected chi connectivity index (χ3v) is 7.80. The minimum Gasteiger partial charge on any atom is -0.497 e. The van der Waals surface area contributed by atoms with Gasteiger partial charge in [0.2, 0.25) is 5.91 Å². The molecule has 0 radical (unpaired) electrons. The first-order chi connectivity index (χ1) is 19.8. The number of primary amides is 1. The van der Waals surface area contributed by atoms with Gasteiger partial charge in [0.25, 0.3) is 0 Å². The van der Waals surface area contributed by atoms with Crippen molar-refractivity contribution in [3.8, 4) is 5.75 Å². The van der Waals surface area contributed by atoms with Gasteiger partial charge in [0.05, 0.1) is 19.2 Å². The van der Waals surface area contributed by atoms with Gasteiger partial charge >= 0.3 is 0 Å². The first-order valence-corrected chi connectivity index (χ1v) is 14.1. The number of rotatable bonds is 13. The number of para-hydroxylation sites is 1. The van der Waals surface area contributed by atoms with Crippen LogP contribution in [0.5, 0.6) is 5.75 Å². The van der Waals surface area contributed by atoms with Crippen LogP contribution in [0.2, 0.25) is 0 Å². The van der Waals surface area contributed by atoms with Gasteiger partial charge in [-0.25, -0.2) is 0 Å². The summed E-state index contributed by atoms with van der Waals surface area (Å²) in [6.45, 7) is 2.29. The summed E-state index contributed by atoms with van der Waals surface area (Å²) in [5, 5.41) is 10.6. The number of nitrogens with one attached hydrogen (secondary N) is 1. The number of carbonyl (C=O) groups excluding carboxylic acids is 1. The van der Waals surface area contributed by atoms with Crippen molar-refractivity contribution in [1.29, 1.82) is 0 Å². The highest BCUT2D eigenvalue weighted by atomic mass is 16.5. The first-order valence-electron chi connectivity index (χ1n) is 14.1. The van der Waals surface area contributed by atoms with Crippen LogP contribution >= 0.6 is 0 Å². The van der Waals surface area contributed by atoms with Gasteiger partial charge in [0.15, 0.2) is 0 Å². The number of methoxy groups -OCH3 is 1. The monoisotopic (exact) mass is 550 g/mol. The van der Waals surface area contributed by atoms with Crippen LogP contribution in [-0.2, 0) is 30.6 Å².